The fraction of sp³-hybridized carbons (Fsp3) is 0.312. The van der Waals surface area contributed by atoms with E-state index in [1.54, 1.807) is 24.4 Å². The summed E-state index contributed by atoms with van der Waals surface area (Å²) in [5, 5.41) is 9.10. The average Bonchev–Trinajstić information content (AvgIpc) is 2.45. The van der Waals surface area contributed by atoms with Gasteiger partial charge in [-0.2, -0.15) is 0 Å². The van der Waals surface area contributed by atoms with Crippen molar-refractivity contribution in [2.75, 3.05) is 18.0 Å². The van der Waals surface area contributed by atoms with E-state index >= 15 is 0 Å². The van der Waals surface area contributed by atoms with Crippen LogP contribution in [0, 0.1) is 12.7 Å². The van der Waals surface area contributed by atoms with Crippen molar-refractivity contribution in [3.05, 3.63) is 53.6 Å². The first kappa shape index (κ1) is 13.8. The Balaban J connectivity index is 1.65. The summed E-state index contributed by atoms with van der Waals surface area (Å²) < 4.78 is 20.0. The number of aromatic nitrogens is 1. The molecule has 0 aliphatic carbocycles. The third-order valence-corrected chi connectivity index (χ3v) is 3.67. The second-order valence-corrected chi connectivity index (χ2v) is 5.14. The monoisotopic (exact) mass is 288 g/mol. The fourth-order valence-electron chi connectivity index (χ4n) is 2.42. The molecule has 110 valence electrons. The zero-order valence-electron chi connectivity index (χ0n) is 11.8. The molecule has 0 amide bonds. The predicted molar refractivity (Wildman–Crippen MR) is 77.9 cm³/mol. The minimum Gasteiger partial charge on any atom is -0.485 e. The third-order valence-electron chi connectivity index (χ3n) is 3.67. The number of halogens is 1. The molecular formula is C16H17FN2O2. The molecule has 1 aliphatic heterocycles. The highest BCUT2D eigenvalue weighted by atomic mass is 19.1. The van der Waals surface area contributed by atoms with Gasteiger partial charge < -0.3 is 14.7 Å². The van der Waals surface area contributed by atoms with Crippen LogP contribution in [0.2, 0.25) is 0 Å². The lowest BCUT2D eigenvalue weighted by molar-refractivity contribution is 0.165. The summed E-state index contributed by atoms with van der Waals surface area (Å²) in [6, 6.07) is 8.79. The molecule has 1 aliphatic rings. The van der Waals surface area contributed by atoms with Crippen molar-refractivity contribution in [2.45, 2.75) is 19.6 Å². The van der Waals surface area contributed by atoms with Gasteiger partial charge in [0.05, 0.1) is 31.1 Å². The van der Waals surface area contributed by atoms with Crippen molar-refractivity contribution in [3.8, 4) is 5.75 Å². The molecule has 0 saturated carbocycles. The van der Waals surface area contributed by atoms with Crippen molar-refractivity contribution >= 4 is 5.69 Å². The number of rotatable bonds is 4. The largest absolute Gasteiger partial charge is 0.485 e. The quantitative estimate of drug-likeness (QED) is 0.937. The molecule has 4 nitrogen and oxygen atoms in total. The molecule has 1 aromatic heterocycles. The summed E-state index contributed by atoms with van der Waals surface area (Å²) in [5.74, 6) is 0.419. The highest BCUT2D eigenvalue weighted by Gasteiger charge is 2.31. The smallest absolute Gasteiger partial charge is 0.151 e. The molecule has 3 rings (SSSR count). The summed E-state index contributed by atoms with van der Waals surface area (Å²) in [4.78, 5) is 6.09. The first-order chi connectivity index (χ1) is 10.2. The molecule has 0 unspecified atom stereocenters. The number of aryl methyl sites for hydroxylation is 1. The second-order valence-electron chi connectivity index (χ2n) is 5.14. The molecule has 5 heteroatoms. The van der Waals surface area contributed by atoms with E-state index in [9.17, 15) is 4.39 Å². The molecule has 0 radical (unpaired) electrons. The van der Waals surface area contributed by atoms with Crippen molar-refractivity contribution in [1.29, 1.82) is 0 Å². The van der Waals surface area contributed by atoms with Crippen LogP contribution in [0.25, 0.3) is 0 Å². The minimum absolute atomic E-state index is 0.0325. The van der Waals surface area contributed by atoms with E-state index in [4.69, 9.17) is 9.84 Å². The van der Waals surface area contributed by atoms with Crippen LogP contribution in [-0.2, 0) is 6.61 Å². The Bertz CT molecular complexity index is 642. The molecule has 2 heterocycles. The maximum Gasteiger partial charge on any atom is 0.151 e. The molecule has 0 spiro atoms. The van der Waals surface area contributed by atoms with Gasteiger partial charge in [-0.1, -0.05) is 12.1 Å². The van der Waals surface area contributed by atoms with Crippen LogP contribution in [0.1, 0.15) is 11.3 Å². The summed E-state index contributed by atoms with van der Waals surface area (Å²) in [7, 11) is 0. The van der Waals surface area contributed by atoms with E-state index in [0.29, 0.717) is 24.3 Å². The molecule has 21 heavy (non-hydrogen) atoms. The van der Waals surface area contributed by atoms with Gasteiger partial charge >= 0.3 is 0 Å². The van der Waals surface area contributed by atoms with E-state index in [-0.39, 0.29) is 18.5 Å². The summed E-state index contributed by atoms with van der Waals surface area (Å²) in [5.41, 5.74) is 1.69. The topological polar surface area (TPSA) is 45.6 Å². The number of aliphatic hydroxyl groups is 1. The van der Waals surface area contributed by atoms with Crippen molar-refractivity contribution < 1.29 is 14.2 Å². The number of aliphatic hydroxyl groups excluding tert-OH is 1. The van der Waals surface area contributed by atoms with Crippen molar-refractivity contribution in [1.82, 2.24) is 4.98 Å². The predicted octanol–water partition coefficient (Wildman–Crippen LogP) is 2.29. The summed E-state index contributed by atoms with van der Waals surface area (Å²) in [6.45, 7) is 2.86. The van der Waals surface area contributed by atoms with E-state index in [1.165, 1.54) is 0 Å². The van der Waals surface area contributed by atoms with Crippen molar-refractivity contribution in [3.63, 3.8) is 0 Å². The molecule has 0 bridgehead atoms. The van der Waals surface area contributed by atoms with E-state index in [2.05, 4.69) is 4.98 Å². The number of hydrogen-bond acceptors (Lipinski definition) is 4. The first-order valence-electron chi connectivity index (χ1n) is 6.90. The number of hydrogen-bond donors (Lipinski definition) is 1. The van der Waals surface area contributed by atoms with E-state index in [0.717, 1.165) is 11.4 Å². The lowest BCUT2D eigenvalue weighted by Gasteiger charge is -2.41. The number of anilines is 1. The van der Waals surface area contributed by atoms with Crippen LogP contribution < -0.4 is 9.64 Å². The Hall–Kier alpha value is -2.14. The van der Waals surface area contributed by atoms with Crippen LogP contribution in [0.3, 0.4) is 0 Å². The van der Waals surface area contributed by atoms with Gasteiger partial charge in [0.2, 0.25) is 0 Å². The maximum absolute atomic E-state index is 14.1. The standard InChI is InChI=1S/C16H17FN2O2/c1-11-15(6-3-7-18-11)21-13-8-19(9-13)14-5-2-4-12(10-20)16(14)17/h2-7,13,20H,8-10H2,1H3. The molecule has 1 fully saturated rings. The number of nitrogens with zero attached hydrogens (tertiary/aromatic N) is 2. The number of ether oxygens (including phenoxy) is 1. The second kappa shape index (κ2) is 5.69. The van der Waals surface area contributed by atoms with Crippen LogP contribution in [0.15, 0.2) is 36.5 Å². The van der Waals surface area contributed by atoms with Crippen LogP contribution >= 0.6 is 0 Å². The Kier molecular flexibility index (Phi) is 3.75. The van der Waals surface area contributed by atoms with Gasteiger partial charge in [0.15, 0.2) is 5.82 Å². The zero-order chi connectivity index (χ0) is 14.8. The molecule has 0 atom stereocenters. The highest BCUT2D eigenvalue weighted by molar-refractivity contribution is 5.53. The fourth-order valence-corrected chi connectivity index (χ4v) is 2.42. The Morgan fingerprint density at radius 2 is 2.14 bits per heavy atom. The van der Waals surface area contributed by atoms with Gasteiger partial charge in [-0.15, -0.1) is 0 Å². The summed E-state index contributed by atoms with van der Waals surface area (Å²) >= 11 is 0. The molecular weight excluding hydrogens is 271 g/mol. The summed E-state index contributed by atoms with van der Waals surface area (Å²) in [6.07, 6.45) is 1.76. The first-order valence-corrected chi connectivity index (χ1v) is 6.90. The normalized spacial score (nSPS) is 14.9. The zero-order valence-corrected chi connectivity index (χ0v) is 11.8. The van der Waals surface area contributed by atoms with E-state index in [1.807, 2.05) is 24.0 Å². The van der Waals surface area contributed by atoms with Crippen LogP contribution in [-0.4, -0.2) is 29.3 Å². The van der Waals surface area contributed by atoms with Gasteiger partial charge in [0.1, 0.15) is 11.9 Å². The van der Waals surface area contributed by atoms with Gasteiger partial charge in [-0.05, 0) is 25.1 Å². The van der Waals surface area contributed by atoms with Crippen LogP contribution in [0.5, 0.6) is 5.75 Å². The highest BCUT2D eigenvalue weighted by Crippen LogP contribution is 2.28. The van der Waals surface area contributed by atoms with Gasteiger partial charge in [0.25, 0.3) is 0 Å². The van der Waals surface area contributed by atoms with Gasteiger partial charge in [0, 0.05) is 11.8 Å². The number of benzene rings is 1. The minimum atomic E-state index is -0.351. The SMILES string of the molecule is Cc1ncccc1OC1CN(c2cccc(CO)c2F)C1. The van der Waals surface area contributed by atoms with Gasteiger partial charge in [-0.25, -0.2) is 4.39 Å². The van der Waals surface area contributed by atoms with Crippen molar-refractivity contribution in [2.24, 2.45) is 0 Å². The Morgan fingerprint density at radius 1 is 1.33 bits per heavy atom. The Labute approximate surface area is 122 Å². The lowest BCUT2D eigenvalue weighted by Crippen LogP contribution is -2.54. The molecule has 1 N–H and O–H groups in total. The number of pyridine rings is 1. The average molecular weight is 288 g/mol. The van der Waals surface area contributed by atoms with Gasteiger partial charge in [-0.3, -0.25) is 4.98 Å². The third kappa shape index (κ3) is 2.69. The molecule has 2 aromatic rings. The van der Waals surface area contributed by atoms with Crippen LogP contribution in [0.4, 0.5) is 10.1 Å². The van der Waals surface area contributed by atoms with E-state index < -0.39 is 0 Å². The molecule has 1 aromatic carbocycles. The molecule has 1 saturated heterocycles. The maximum atomic E-state index is 14.1. The Morgan fingerprint density at radius 3 is 2.86 bits per heavy atom. The lowest BCUT2D eigenvalue weighted by atomic mass is 10.1.